The SMILES string of the molecule is Cc1onc(-c2ccccc2)c1C(=O)OCc1ccccc1Cl. The number of carbonyl (C=O) groups excluding carboxylic acids is 1. The lowest BCUT2D eigenvalue weighted by atomic mass is 10.1. The Bertz CT molecular complexity index is 827. The van der Waals surface area contributed by atoms with Gasteiger partial charge in [0.25, 0.3) is 0 Å². The minimum Gasteiger partial charge on any atom is -0.457 e. The van der Waals surface area contributed by atoms with Crippen molar-refractivity contribution in [2.75, 3.05) is 0 Å². The fraction of sp³-hybridized carbons (Fsp3) is 0.111. The summed E-state index contributed by atoms with van der Waals surface area (Å²) in [6, 6.07) is 16.6. The molecule has 0 saturated heterocycles. The molecule has 0 unspecified atom stereocenters. The van der Waals surface area contributed by atoms with E-state index in [1.165, 1.54) is 0 Å². The molecule has 0 saturated carbocycles. The van der Waals surface area contributed by atoms with Gasteiger partial charge in [0.05, 0.1) is 0 Å². The van der Waals surface area contributed by atoms with E-state index in [0.717, 1.165) is 11.1 Å². The predicted molar refractivity (Wildman–Crippen MR) is 87.2 cm³/mol. The van der Waals surface area contributed by atoms with Crippen molar-refractivity contribution in [3.05, 3.63) is 76.5 Å². The standard InChI is InChI=1S/C18H14ClNO3/c1-12-16(17(20-23-12)13-7-3-2-4-8-13)18(21)22-11-14-9-5-6-10-15(14)19/h2-10H,11H2,1H3. The summed E-state index contributed by atoms with van der Waals surface area (Å²) in [7, 11) is 0. The molecule has 0 aliphatic carbocycles. The zero-order valence-electron chi connectivity index (χ0n) is 12.5. The highest BCUT2D eigenvalue weighted by Crippen LogP contribution is 2.26. The van der Waals surface area contributed by atoms with Crippen LogP contribution in [0.2, 0.25) is 5.02 Å². The number of benzene rings is 2. The number of ether oxygens (including phenoxy) is 1. The number of nitrogens with zero attached hydrogens (tertiary/aromatic N) is 1. The zero-order valence-corrected chi connectivity index (χ0v) is 13.2. The normalized spacial score (nSPS) is 10.5. The Balaban J connectivity index is 1.83. The van der Waals surface area contributed by atoms with Crippen LogP contribution in [0.4, 0.5) is 0 Å². The van der Waals surface area contributed by atoms with Crippen molar-refractivity contribution in [2.24, 2.45) is 0 Å². The molecule has 3 aromatic rings. The molecular formula is C18H14ClNO3. The van der Waals surface area contributed by atoms with E-state index in [-0.39, 0.29) is 6.61 Å². The molecule has 0 spiro atoms. The van der Waals surface area contributed by atoms with Crippen molar-refractivity contribution in [1.29, 1.82) is 0 Å². The summed E-state index contributed by atoms with van der Waals surface area (Å²) in [5, 5.41) is 4.54. The smallest absolute Gasteiger partial charge is 0.344 e. The third kappa shape index (κ3) is 3.27. The predicted octanol–water partition coefficient (Wildman–Crippen LogP) is 4.66. The number of carbonyl (C=O) groups is 1. The number of hydrogen-bond acceptors (Lipinski definition) is 4. The van der Waals surface area contributed by atoms with E-state index in [0.29, 0.717) is 22.0 Å². The van der Waals surface area contributed by atoms with Crippen molar-refractivity contribution in [3.63, 3.8) is 0 Å². The Morgan fingerprint density at radius 3 is 2.57 bits per heavy atom. The van der Waals surface area contributed by atoms with Gasteiger partial charge in [-0.1, -0.05) is 65.3 Å². The second-order valence-corrected chi connectivity index (χ2v) is 5.40. The second-order valence-electron chi connectivity index (χ2n) is 5.00. The van der Waals surface area contributed by atoms with Gasteiger partial charge in [0.1, 0.15) is 23.6 Å². The first-order chi connectivity index (χ1) is 11.2. The summed E-state index contributed by atoms with van der Waals surface area (Å²) in [5.41, 5.74) is 2.36. The summed E-state index contributed by atoms with van der Waals surface area (Å²) in [4.78, 5) is 12.4. The third-order valence-electron chi connectivity index (χ3n) is 3.43. The molecule has 1 heterocycles. The van der Waals surface area contributed by atoms with Crippen molar-refractivity contribution < 1.29 is 14.1 Å². The minimum atomic E-state index is -0.484. The van der Waals surface area contributed by atoms with Gasteiger partial charge in [-0.15, -0.1) is 0 Å². The first-order valence-corrected chi connectivity index (χ1v) is 7.47. The molecule has 2 aromatic carbocycles. The molecule has 3 rings (SSSR count). The van der Waals surface area contributed by atoms with Crippen LogP contribution in [0, 0.1) is 6.92 Å². The zero-order chi connectivity index (χ0) is 16.2. The lowest BCUT2D eigenvalue weighted by molar-refractivity contribution is 0.0471. The molecule has 0 radical (unpaired) electrons. The molecule has 0 amide bonds. The van der Waals surface area contributed by atoms with Gasteiger partial charge in [-0.3, -0.25) is 0 Å². The Morgan fingerprint density at radius 2 is 1.83 bits per heavy atom. The molecule has 0 N–H and O–H groups in total. The van der Waals surface area contributed by atoms with Crippen LogP contribution in [-0.4, -0.2) is 11.1 Å². The Kier molecular flexibility index (Phi) is 4.44. The maximum absolute atomic E-state index is 12.4. The summed E-state index contributed by atoms with van der Waals surface area (Å²) >= 11 is 6.07. The first-order valence-electron chi connectivity index (χ1n) is 7.09. The van der Waals surface area contributed by atoms with E-state index >= 15 is 0 Å². The summed E-state index contributed by atoms with van der Waals surface area (Å²) in [5.74, 6) is -0.0597. The van der Waals surface area contributed by atoms with E-state index in [4.69, 9.17) is 20.9 Å². The van der Waals surface area contributed by atoms with E-state index in [1.54, 1.807) is 13.0 Å². The average Bonchev–Trinajstić information content (AvgIpc) is 2.96. The quantitative estimate of drug-likeness (QED) is 0.654. The van der Waals surface area contributed by atoms with E-state index < -0.39 is 5.97 Å². The lowest BCUT2D eigenvalue weighted by Gasteiger charge is -2.07. The van der Waals surface area contributed by atoms with Crippen LogP contribution in [0.1, 0.15) is 21.7 Å². The van der Waals surface area contributed by atoms with Crippen LogP contribution in [-0.2, 0) is 11.3 Å². The number of aromatic nitrogens is 1. The minimum absolute atomic E-state index is 0.0946. The van der Waals surface area contributed by atoms with E-state index in [2.05, 4.69) is 5.16 Å². The van der Waals surface area contributed by atoms with Crippen LogP contribution in [0.25, 0.3) is 11.3 Å². The highest BCUT2D eigenvalue weighted by Gasteiger charge is 2.23. The van der Waals surface area contributed by atoms with Crippen molar-refractivity contribution in [1.82, 2.24) is 5.16 Å². The maximum atomic E-state index is 12.4. The van der Waals surface area contributed by atoms with Gasteiger partial charge >= 0.3 is 5.97 Å². The largest absolute Gasteiger partial charge is 0.457 e. The average molecular weight is 328 g/mol. The van der Waals surface area contributed by atoms with Crippen LogP contribution in [0.5, 0.6) is 0 Å². The van der Waals surface area contributed by atoms with Gasteiger partial charge in [-0.25, -0.2) is 4.79 Å². The highest BCUT2D eigenvalue weighted by atomic mass is 35.5. The molecule has 0 bridgehead atoms. The maximum Gasteiger partial charge on any atom is 0.344 e. The fourth-order valence-corrected chi connectivity index (χ4v) is 2.43. The third-order valence-corrected chi connectivity index (χ3v) is 3.80. The number of rotatable bonds is 4. The van der Waals surface area contributed by atoms with Gasteiger partial charge in [-0.05, 0) is 13.0 Å². The molecule has 0 aliphatic heterocycles. The van der Waals surface area contributed by atoms with Crippen LogP contribution in [0.15, 0.2) is 59.1 Å². The first kappa shape index (κ1) is 15.3. The molecule has 0 fully saturated rings. The molecule has 0 atom stereocenters. The fourth-order valence-electron chi connectivity index (χ4n) is 2.24. The van der Waals surface area contributed by atoms with Gasteiger partial charge in [0.15, 0.2) is 0 Å². The summed E-state index contributed by atoms with van der Waals surface area (Å²) in [6.45, 7) is 1.78. The molecule has 5 heteroatoms. The van der Waals surface area contributed by atoms with Crippen LogP contribution >= 0.6 is 11.6 Å². The number of halogens is 1. The summed E-state index contributed by atoms with van der Waals surface area (Å²) < 4.78 is 10.5. The Labute approximate surface area is 138 Å². The monoisotopic (exact) mass is 327 g/mol. The molecule has 116 valence electrons. The number of esters is 1. The van der Waals surface area contributed by atoms with E-state index in [9.17, 15) is 4.79 Å². The molecule has 0 aliphatic rings. The van der Waals surface area contributed by atoms with Gasteiger partial charge in [0.2, 0.25) is 0 Å². The van der Waals surface area contributed by atoms with Crippen molar-refractivity contribution in [2.45, 2.75) is 13.5 Å². The topological polar surface area (TPSA) is 52.3 Å². The molecule has 1 aromatic heterocycles. The highest BCUT2D eigenvalue weighted by molar-refractivity contribution is 6.31. The van der Waals surface area contributed by atoms with Gasteiger partial charge < -0.3 is 9.26 Å². The lowest BCUT2D eigenvalue weighted by Crippen LogP contribution is -2.07. The number of hydrogen-bond donors (Lipinski definition) is 0. The van der Waals surface area contributed by atoms with Crippen molar-refractivity contribution in [3.8, 4) is 11.3 Å². The van der Waals surface area contributed by atoms with Crippen LogP contribution in [0.3, 0.4) is 0 Å². The molecule has 4 nitrogen and oxygen atoms in total. The second kappa shape index (κ2) is 6.67. The molecular weight excluding hydrogens is 314 g/mol. The molecule has 23 heavy (non-hydrogen) atoms. The Morgan fingerprint density at radius 1 is 1.13 bits per heavy atom. The van der Waals surface area contributed by atoms with Gasteiger partial charge in [0, 0.05) is 16.1 Å². The number of aryl methyl sites for hydroxylation is 1. The van der Waals surface area contributed by atoms with Crippen LogP contribution < -0.4 is 0 Å². The summed E-state index contributed by atoms with van der Waals surface area (Å²) in [6.07, 6.45) is 0. The Hall–Kier alpha value is -2.59. The van der Waals surface area contributed by atoms with Gasteiger partial charge in [-0.2, -0.15) is 0 Å². The van der Waals surface area contributed by atoms with E-state index in [1.807, 2.05) is 48.5 Å². The van der Waals surface area contributed by atoms with Crippen molar-refractivity contribution >= 4 is 17.6 Å².